The molecule has 0 radical (unpaired) electrons. The fourth-order valence-electron chi connectivity index (χ4n) is 2.34. The minimum absolute atomic E-state index is 0.0193. The predicted molar refractivity (Wildman–Crippen MR) is 97.6 cm³/mol. The number of nitrogen functional groups attached to an aromatic ring is 1. The Morgan fingerprint density at radius 1 is 1.11 bits per heavy atom. The molecule has 2 aromatic carbocycles. The summed E-state index contributed by atoms with van der Waals surface area (Å²) in [7, 11) is 0. The number of carbonyl (C=O) groups is 1. The van der Waals surface area contributed by atoms with Gasteiger partial charge in [0, 0.05) is 11.1 Å². The minimum Gasteiger partial charge on any atom is -0.398 e. The van der Waals surface area contributed by atoms with Crippen LogP contribution >= 0.6 is 23.2 Å². The monoisotopic (exact) mass is 418 g/mol. The van der Waals surface area contributed by atoms with Gasteiger partial charge in [-0.15, -0.1) is 0 Å². The Hall–Kier alpha value is -1.78. The molecule has 7 nitrogen and oxygen atoms in total. The SMILES string of the molecule is CC(O)(O)C(O)(O)C(N)c1ccc(Cl)c(C(=O)c2ccc(N)c(Cl)c2)c1F. The van der Waals surface area contributed by atoms with Gasteiger partial charge in [-0.05, 0) is 31.2 Å². The van der Waals surface area contributed by atoms with Gasteiger partial charge in [-0.25, -0.2) is 4.39 Å². The number of halogens is 3. The molecule has 1 unspecified atom stereocenters. The molecule has 0 saturated heterocycles. The van der Waals surface area contributed by atoms with Crippen molar-refractivity contribution >= 4 is 34.7 Å². The van der Waals surface area contributed by atoms with Gasteiger partial charge >= 0.3 is 0 Å². The van der Waals surface area contributed by atoms with Gasteiger partial charge in [0.2, 0.25) is 11.6 Å². The van der Waals surface area contributed by atoms with E-state index in [-0.39, 0.29) is 21.3 Å². The van der Waals surface area contributed by atoms with E-state index < -0.39 is 40.3 Å². The van der Waals surface area contributed by atoms with Crippen LogP contribution in [0.3, 0.4) is 0 Å². The summed E-state index contributed by atoms with van der Waals surface area (Å²) in [5.41, 5.74) is 10.2. The first-order valence-corrected chi connectivity index (χ1v) is 8.27. The zero-order valence-corrected chi connectivity index (χ0v) is 15.5. The van der Waals surface area contributed by atoms with Crippen molar-refractivity contribution in [2.45, 2.75) is 24.5 Å². The molecule has 0 aliphatic heterocycles. The van der Waals surface area contributed by atoms with Gasteiger partial charge in [0.15, 0.2) is 5.78 Å². The number of hydrogen-bond acceptors (Lipinski definition) is 7. The quantitative estimate of drug-likeness (QED) is 0.243. The number of nitrogens with two attached hydrogens (primary N) is 2. The molecule has 2 aromatic rings. The Morgan fingerprint density at radius 3 is 2.22 bits per heavy atom. The number of anilines is 1. The minimum atomic E-state index is -3.33. The molecule has 0 spiro atoms. The third-order valence-electron chi connectivity index (χ3n) is 4.08. The molecule has 27 heavy (non-hydrogen) atoms. The highest BCUT2D eigenvalue weighted by Gasteiger charge is 2.50. The first-order valence-electron chi connectivity index (χ1n) is 7.51. The average Bonchev–Trinajstić information content (AvgIpc) is 2.55. The van der Waals surface area contributed by atoms with Crippen molar-refractivity contribution in [2.24, 2.45) is 5.73 Å². The van der Waals surface area contributed by atoms with E-state index in [1.54, 1.807) is 0 Å². The van der Waals surface area contributed by atoms with E-state index in [1.165, 1.54) is 18.2 Å². The standard InChI is InChI=1S/C17H17Cl2FN2O5/c1-16(24,25)17(26,27)15(22)8-3-4-9(18)12(13(8)20)14(23)7-2-5-11(21)10(19)6-7/h2-6,15,24-27H,21-22H2,1H3. The summed E-state index contributed by atoms with van der Waals surface area (Å²) in [6, 6.07) is 3.99. The van der Waals surface area contributed by atoms with Crippen LogP contribution in [0.25, 0.3) is 0 Å². The topological polar surface area (TPSA) is 150 Å². The Kier molecular flexibility index (Phi) is 5.84. The molecule has 10 heteroatoms. The second-order valence-electron chi connectivity index (χ2n) is 6.12. The first-order chi connectivity index (χ1) is 12.3. The van der Waals surface area contributed by atoms with Crippen molar-refractivity contribution in [3.8, 4) is 0 Å². The summed E-state index contributed by atoms with van der Waals surface area (Å²) in [6.45, 7) is 0.656. The van der Waals surface area contributed by atoms with Gasteiger partial charge in [-0.2, -0.15) is 0 Å². The summed E-state index contributed by atoms with van der Waals surface area (Å²) in [6.07, 6.45) is 0. The fraction of sp³-hybridized carbons (Fsp3) is 0.235. The van der Waals surface area contributed by atoms with Gasteiger partial charge in [0.05, 0.1) is 27.3 Å². The summed E-state index contributed by atoms with van der Waals surface area (Å²) in [4.78, 5) is 12.7. The van der Waals surface area contributed by atoms with Crippen molar-refractivity contribution in [3.05, 3.63) is 62.9 Å². The van der Waals surface area contributed by atoms with Crippen molar-refractivity contribution < 1.29 is 29.6 Å². The Labute approximate surface area is 163 Å². The summed E-state index contributed by atoms with van der Waals surface area (Å²) < 4.78 is 15.0. The summed E-state index contributed by atoms with van der Waals surface area (Å²) in [5.74, 6) is -8.50. The number of aliphatic hydroxyl groups is 4. The molecule has 0 heterocycles. The molecule has 0 bridgehead atoms. The zero-order chi connectivity index (χ0) is 20.7. The van der Waals surface area contributed by atoms with Gasteiger partial charge in [-0.3, -0.25) is 4.79 Å². The lowest BCUT2D eigenvalue weighted by Crippen LogP contribution is -2.58. The lowest BCUT2D eigenvalue weighted by atomic mass is 9.90. The smallest absolute Gasteiger partial charge is 0.238 e. The van der Waals surface area contributed by atoms with Gasteiger partial charge in [0.25, 0.3) is 0 Å². The third-order valence-corrected chi connectivity index (χ3v) is 4.72. The predicted octanol–water partition coefficient (Wildman–Crippen LogP) is 1.33. The van der Waals surface area contributed by atoms with Crippen LogP contribution in [0.5, 0.6) is 0 Å². The van der Waals surface area contributed by atoms with Crippen LogP contribution in [0.2, 0.25) is 10.0 Å². The molecule has 8 N–H and O–H groups in total. The molecule has 0 aliphatic carbocycles. The highest BCUT2D eigenvalue weighted by atomic mass is 35.5. The van der Waals surface area contributed by atoms with Gasteiger partial charge < -0.3 is 31.9 Å². The molecule has 0 aliphatic rings. The van der Waals surface area contributed by atoms with Crippen LogP contribution in [0.15, 0.2) is 30.3 Å². The van der Waals surface area contributed by atoms with Crippen LogP contribution < -0.4 is 11.5 Å². The van der Waals surface area contributed by atoms with Gasteiger partial charge in [0.1, 0.15) is 5.82 Å². The number of ketones is 1. The van der Waals surface area contributed by atoms with E-state index in [1.807, 2.05) is 0 Å². The number of rotatable bonds is 5. The van der Waals surface area contributed by atoms with E-state index in [0.717, 1.165) is 12.1 Å². The number of hydrogen-bond donors (Lipinski definition) is 6. The Balaban J connectivity index is 2.58. The maximum atomic E-state index is 15.0. The molecular formula is C17H17Cl2FN2O5. The van der Waals surface area contributed by atoms with Crippen LogP contribution in [0.4, 0.5) is 10.1 Å². The van der Waals surface area contributed by atoms with E-state index >= 15 is 0 Å². The molecule has 1 atom stereocenters. The maximum Gasteiger partial charge on any atom is 0.238 e. The van der Waals surface area contributed by atoms with E-state index in [2.05, 4.69) is 0 Å². The number of benzene rings is 2. The average molecular weight is 419 g/mol. The van der Waals surface area contributed by atoms with Crippen LogP contribution in [0.1, 0.15) is 34.5 Å². The third kappa shape index (κ3) is 3.92. The van der Waals surface area contributed by atoms with Crippen molar-refractivity contribution in [3.63, 3.8) is 0 Å². The largest absolute Gasteiger partial charge is 0.398 e. The van der Waals surface area contributed by atoms with Crippen LogP contribution in [0, 0.1) is 5.82 Å². The second kappa shape index (κ2) is 7.33. The Morgan fingerprint density at radius 2 is 1.70 bits per heavy atom. The van der Waals surface area contributed by atoms with Crippen LogP contribution in [-0.2, 0) is 0 Å². The molecule has 0 aromatic heterocycles. The fourth-order valence-corrected chi connectivity index (χ4v) is 2.75. The molecule has 0 fully saturated rings. The second-order valence-corrected chi connectivity index (χ2v) is 6.93. The lowest BCUT2D eigenvalue weighted by molar-refractivity contribution is -0.357. The zero-order valence-electron chi connectivity index (χ0n) is 13.9. The van der Waals surface area contributed by atoms with E-state index in [9.17, 15) is 29.6 Å². The normalized spacial score (nSPS) is 13.5. The summed E-state index contributed by atoms with van der Waals surface area (Å²) >= 11 is 11.8. The first kappa shape index (κ1) is 21.5. The molecular weight excluding hydrogens is 402 g/mol. The Bertz CT molecular complexity index is 900. The molecule has 0 amide bonds. The van der Waals surface area contributed by atoms with E-state index in [0.29, 0.717) is 6.92 Å². The van der Waals surface area contributed by atoms with Crippen molar-refractivity contribution in [1.82, 2.24) is 0 Å². The van der Waals surface area contributed by atoms with Crippen LogP contribution in [-0.4, -0.2) is 37.8 Å². The maximum absolute atomic E-state index is 15.0. The van der Waals surface area contributed by atoms with E-state index in [4.69, 9.17) is 34.7 Å². The summed E-state index contributed by atoms with van der Waals surface area (Å²) in [5, 5.41) is 38.5. The molecule has 2 rings (SSSR count). The molecule has 146 valence electrons. The highest BCUT2D eigenvalue weighted by molar-refractivity contribution is 6.36. The van der Waals surface area contributed by atoms with Gasteiger partial charge in [-0.1, -0.05) is 29.3 Å². The van der Waals surface area contributed by atoms with Crippen molar-refractivity contribution in [1.29, 1.82) is 0 Å². The van der Waals surface area contributed by atoms with Crippen molar-refractivity contribution in [2.75, 3.05) is 5.73 Å². The molecule has 0 saturated carbocycles. The number of carbonyl (C=O) groups excluding carboxylic acids is 1. The lowest BCUT2D eigenvalue weighted by Gasteiger charge is -2.36. The highest BCUT2D eigenvalue weighted by Crippen LogP contribution is 2.35.